The molecule has 5 N–H and O–H groups in total. The smallest absolute Gasteiger partial charge is 0.251 e. The molecule has 2 heterocycles. The number of benzene rings is 5. The molecule has 0 fully saturated rings. The molecular weight excluding hydrogens is 876 g/mol. The molecule has 0 aliphatic heterocycles. The van der Waals surface area contributed by atoms with Crippen LogP contribution in [0.2, 0.25) is 10.0 Å². The number of methoxy groups -OCH3 is 1. The molecule has 0 aliphatic rings. The Kier molecular flexibility index (Phi) is 16.4. The molecule has 334 valence electrons. The predicted octanol–water partition coefficient (Wildman–Crippen LogP) is 8.87. The highest BCUT2D eigenvalue weighted by atomic mass is 35.5. The molecule has 1 amide bonds. The summed E-state index contributed by atoms with van der Waals surface area (Å²) in [5, 5.41) is 39.2. The van der Waals surface area contributed by atoms with Gasteiger partial charge in [-0.1, -0.05) is 82.9 Å². The summed E-state index contributed by atoms with van der Waals surface area (Å²) in [6.45, 7) is 5.79. The quantitative estimate of drug-likeness (QED) is 0.0501. The van der Waals surface area contributed by atoms with Gasteiger partial charge in [0, 0.05) is 46.4 Å². The van der Waals surface area contributed by atoms with Gasteiger partial charge >= 0.3 is 0 Å². The molecule has 14 nitrogen and oxygen atoms in total. The second kappa shape index (κ2) is 22.7. The summed E-state index contributed by atoms with van der Waals surface area (Å²) in [6, 6.07) is 39.4. The Morgan fingerprint density at radius 1 is 0.606 bits per heavy atom. The second-order valence-corrected chi connectivity index (χ2v) is 15.7. The number of nitrogens with zero attached hydrogens (tertiary/aromatic N) is 6. The molecular formula is C50H46Cl2N10O4. The van der Waals surface area contributed by atoms with Crippen molar-refractivity contribution in [3.63, 3.8) is 0 Å². The molecule has 0 atom stereocenters. The van der Waals surface area contributed by atoms with Crippen molar-refractivity contribution < 1.29 is 19.1 Å². The average Bonchev–Trinajstić information content (AvgIpc) is 3.90. The maximum atomic E-state index is 13.3. The van der Waals surface area contributed by atoms with Crippen molar-refractivity contribution in [2.45, 2.75) is 26.7 Å². The first-order chi connectivity index (χ1) is 32.0. The number of carbonyl (C=O) groups is 3. The fraction of sp³-hybridized carbons (Fsp3) is 0.180. The highest BCUT2D eigenvalue weighted by Crippen LogP contribution is 2.28. The zero-order chi connectivity index (χ0) is 47.2. The van der Waals surface area contributed by atoms with Gasteiger partial charge in [-0.2, -0.15) is 20.7 Å². The number of aromatic nitrogens is 4. The average molecular weight is 922 g/mol. The normalized spacial score (nSPS) is 10.5. The molecule has 0 saturated carbocycles. The van der Waals surface area contributed by atoms with E-state index in [9.17, 15) is 24.9 Å². The third-order valence-corrected chi connectivity index (χ3v) is 10.7. The third kappa shape index (κ3) is 11.7. The first-order valence-electron chi connectivity index (χ1n) is 20.9. The van der Waals surface area contributed by atoms with Crippen molar-refractivity contribution in [1.29, 1.82) is 10.5 Å². The largest absolute Gasteiger partial charge is 0.497 e. The first-order valence-corrected chi connectivity index (χ1v) is 21.6. The van der Waals surface area contributed by atoms with E-state index < -0.39 is 0 Å². The zero-order valence-electron chi connectivity index (χ0n) is 36.4. The van der Waals surface area contributed by atoms with Crippen LogP contribution < -0.4 is 26.4 Å². The minimum atomic E-state index is -0.343. The van der Waals surface area contributed by atoms with Gasteiger partial charge in [0.2, 0.25) is 11.6 Å². The zero-order valence-corrected chi connectivity index (χ0v) is 38.0. The van der Waals surface area contributed by atoms with Gasteiger partial charge in [0.15, 0.2) is 11.4 Å². The highest BCUT2D eigenvalue weighted by Gasteiger charge is 2.26. The summed E-state index contributed by atoms with van der Waals surface area (Å²) < 4.78 is 8.22. The van der Waals surface area contributed by atoms with Gasteiger partial charge in [-0.25, -0.2) is 9.36 Å². The molecule has 2 aromatic heterocycles. The van der Waals surface area contributed by atoms with Crippen LogP contribution in [-0.2, 0) is 0 Å². The van der Waals surface area contributed by atoms with E-state index in [0.29, 0.717) is 88.1 Å². The standard InChI is InChI=1S/C29H26ClN5O3.C21H20ClN5O/c1-19-4-6-20(7-5-19)27(36)26-25(18-31)28(35(34-26)23-12-10-22(30)11-13-23)32-16-3-17-33-29(37)21-8-14-24(38-2)15-9-21;1-14-3-5-15(6-4-14)20(28)19-18(13-24)21(25-12-2-11-23)27(26-19)17-9-7-16(22)8-10-17/h4-15,32H,3,16-17H2,1-2H3,(H,33,37);3-10,25H,2,11-12,23H2,1H3. The van der Waals surface area contributed by atoms with Gasteiger partial charge in [-0.15, -0.1) is 0 Å². The van der Waals surface area contributed by atoms with Crippen LogP contribution in [0.4, 0.5) is 11.6 Å². The van der Waals surface area contributed by atoms with Gasteiger partial charge in [0.05, 0.1) is 18.5 Å². The van der Waals surface area contributed by atoms with Gasteiger partial charge in [-0.05, 0) is 106 Å². The number of nitrogens with two attached hydrogens (primary N) is 1. The van der Waals surface area contributed by atoms with Crippen LogP contribution in [-0.4, -0.2) is 70.3 Å². The number of nitriles is 2. The Morgan fingerprint density at radius 3 is 1.41 bits per heavy atom. The van der Waals surface area contributed by atoms with Gasteiger partial charge in [-0.3, -0.25) is 14.4 Å². The molecule has 0 unspecified atom stereocenters. The molecule has 7 rings (SSSR count). The topological polar surface area (TPSA) is 206 Å². The molecule has 0 aliphatic carbocycles. The van der Waals surface area contributed by atoms with Crippen molar-refractivity contribution >= 4 is 52.3 Å². The number of nitrogens with one attached hydrogen (secondary N) is 3. The maximum Gasteiger partial charge on any atom is 0.251 e. The number of ether oxygens (including phenoxy) is 1. The lowest BCUT2D eigenvalue weighted by atomic mass is 10.0. The van der Waals surface area contributed by atoms with Gasteiger partial charge in [0.1, 0.15) is 40.7 Å². The van der Waals surface area contributed by atoms with Crippen molar-refractivity contribution in [2.75, 3.05) is 43.9 Å². The maximum absolute atomic E-state index is 13.3. The van der Waals surface area contributed by atoms with Crippen LogP contribution >= 0.6 is 23.2 Å². The Morgan fingerprint density at radius 2 is 1.02 bits per heavy atom. The summed E-state index contributed by atoms with van der Waals surface area (Å²) in [4.78, 5) is 38.7. The SMILES string of the molecule is COc1ccc(C(=O)NCCCNc2c(C#N)c(C(=O)c3ccc(C)cc3)nn2-c2ccc(Cl)cc2)cc1.Cc1ccc(C(=O)c2nn(-c3ccc(Cl)cc3)c(NCCCN)c2C#N)cc1. The van der Waals surface area contributed by atoms with E-state index in [0.717, 1.165) is 17.5 Å². The number of hydrogen-bond donors (Lipinski definition) is 4. The highest BCUT2D eigenvalue weighted by molar-refractivity contribution is 6.30. The number of amides is 1. The Hall–Kier alpha value is -7.75. The molecule has 0 saturated heterocycles. The number of ketones is 2. The Balaban J connectivity index is 0.000000229. The summed E-state index contributed by atoms with van der Waals surface area (Å²) in [6.07, 6.45) is 1.29. The number of aryl methyl sites for hydroxylation is 2. The second-order valence-electron chi connectivity index (χ2n) is 14.9. The van der Waals surface area contributed by atoms with Gasteiger partial charge in [0.25, 0.3) is 5.91 Å². The summed E-state index contributed by atoms with van der Waals surface area (Å²) in [5.74, 6) is 0.704. The van der Waals surface area contributed by atoms with Crippen LogP contribution in [0.1, 0.15) is 77.6 Å². The lowest BCUT2D eigenvalue weighted by Crippen LogP contribution is -2.26. The number of anilines is 2. The monoisotopic (exact) mass is 920 g/mol. The van der Waals surface area contributed by atoms with Crippen LogP contribution in [0, 0.1) is 36.5 Å². The van der Waals surface area contributed by atoms with E-state index in [1.165, 1.54) is 4.68 Å². The van der Waals surface area contributed by atoms with Crippen LogP contribution in [0.25, 0.3) is 11.4 Å². The van der Waals surface area contributed by atoms with E-state index in [1.807, 2.05) is 38.1 Å². The number of rotatable bonds is 17. The van der Waals surface area contributed by atoms with Crippen molar-refractivity contribution in [3.05, 3.63) is 182 Å². The van der Waals surface area contributed by atoms with Crippen LogP contribution in [0.15, 0.2) is 121 Å². The molecule has 7 aromatic rings. The van der Waals surface area contributed by atoms with E-state index in [1.54, 1.807) is 109 Å². The minimum absolute atomic E-state index is 0.0570. The lowest BCUT2D eigenvalue weighted by molar-refractivity contribution is 0.0952. The Labute approximate surface area is 392 Å². The predicted molar refractivity (Wildman–Crippen MR) is 256 cm³/mol. The molecule has 0 bridgehead atoms. The summed E-state index contributed by atoms with van der Waals surface area (Å²) in [7, 11) is 1.57. The van der Waals surface area contributed by atoms with Crippen LogP contribution in [0.3, 0.4) is 0 Å². The number of carbonyl (C=O) groups excluding carboxylic acids is 3. The lowest BCUT2D eigenvalue weighted by Gasteiger charge is -2.11. The fourth-order valence-electron chi connectivity index (χ4n) is 6.56. The van der Waals surface area contributed by atoms with E-state index >= 15 is 0 Å². The minimum Gasteiger partial charge on any atom is -0.497 e. The van der Waals surface area contributed by atoms with Crippen molar-refractivity contribution in [3.8, 4) is 29.3 Å². The Bertz CT molecular complexity index is 2880. The van der Waals surface area contributed by atoms with Crippen molar-refractivity contribution in [1.82, 2.24) is 24.9 Å². The summed E-state index contributed by atoms with van der Waals surface area (Å²) in [5.41, 5.74) is 11.0. The number of hydrogen-bond acceptors (Lipinski definition) is 11. The molecule has 16 heteroatoms. The summed E-state index contributed by atoms with van der Waals surface area (Å²) >= 11 is 12.0. The van der Waals surface area contributed by atoms with Crippen molar-refractivity contribution in [2.24, 2.45) is 5.73 Å². The number of halogens is 2. The molecule has 0 spiro atoms. The molecule has 5 aromatic carbocycles. The molecule has 66 heavy (non-hydrogen) atoms. The van der Waals surface area contributed by atoms with Crippen LogP contribution in [0.5, 0.6) is 5.75 Å². The van der Waals surface area contributed by atoms with Gasteiger partial charge < -0.3 is 26.4 Å². The fourth-order valence-corrected chi connectivity index (χ4v) is 6.82. The third-order valence-electron chi connectivity index (χ3n) is 10.2. The van der Waals surface area contributed by atoms with E-state index in [2.05, 4.69) is 38.3 Å². The first kappa shape index (κ1) is 47.7. The van der Waals surface area contributed by atoms with E-state index in [4.69, 9.17) is 33.7 Å². The molecule has 0 radical (unpaired) electrons. The van der Waals surface area contributed by atoms with E-state index in [-0.39, 0.29) is 40.0 Å².